The summed E-state index contributed by atoms with van der Waals surface area (Å²) in [4.78, 5) is 36.7. The molecule has 0 saturated carbocycles. The molecule has 1 aromatic rings. The molecule has 24 heavy (non-hydrogen) atoms. The highest BCUT2D eigenvalue weighted by Gasteiger charge is 2.38. The Labute approximate surface area is 140 Å². The third-order valence-corrected chi connectivity index (χ3v) is 4.29. The number of hydrogen-bond donors (Lipinski definition) is 2. The molecule has 7 heteroatoms. The molecule has 2 N–H and O–H groups in total. The first-order chi connectivity index (χ1) is 11.4. The number of carbonyl (C=O) groups is 3. The van der Waals surface area contributed by atoms with E-state index in [0.29, 0.717) is 18.6 Å². The highest BCUT2D eigenvalue weighted by molar-refractivity contribution is 5.85. The molecule has 2 amide bonds. The highest BCUT2D eigenvalue weighted by atomic mass is 16.5. The maximum atomic E-state index is 12.5. The summed E-state index contributed by atoms with van der Waals surface area (Å²) in [5, 5.41) is 11.3. The number of hydrogen-bond acceptors (Lipinski definition) is 4. The van der Waals surface area contributed by atoms with Gasteiger partial charge in [-0.3, -0.25) is 14.4 Å². The topological polar surface area (TPSA) is 95.9 Å². The minimum atomic E-state index is -0.960. The number of carboxylic acids is 1. The van der Waals surface area contributed by atoms with Crippen molar-refractivity contribution in [3.63, 3.8) is 0 Å². The molecule has 2 rings (SSSR count). The minimum absolute atomic E-state index is 0.00889. The van der Waals surface area contributed by atoms with Gasteiger partial charge in [0.15, 0.2) is 0 Å². The molecule has 2 atom stereocenters. The van der Waals surface area contributed by atoms with Crippen LogP contribution in [0.2, 0.25) is 0 Å². The minimum Gasteiger partial charge on any atom is -0.497 e. The zero-order valence-corrected chi connectivity index (χ0v) is 13.8. The number of aliphatic carboxylic acids is 1. The fourth-order valence-electron chi connectivity index (χ4n) is 2.99. The van der Waals surface area contributed by atoms with Gasteiger partial charge in [-0.2, -0.15) is 0 Å². The molecule has 0 aromatic heterocycles. The highest BCUT2D eigenvalue weighted by Crippen LogP contribution is 2.36. The number of nitrogens with zero attached hydrogens (tertiary/aromatic N) is 1. The van der Waals surface area contributed by atoms with Crippen LogP contribution < -0.4 is 10.1 Å². The number of amides is 2. The monoisotopic (exact) mass is 334 g/mol. The molecular weight excluding hydrogens is 312 g/mol. The number of nitrogens with one attached hydrogen (secondary N) is 1. The van der Waals surface area contributed by atoms with Gasteiger partial charge < -0.3 is 20.1 Å². The lowest BCUT2D eigenvalue weighted by Gasteiger charge is -2.38. The van der Waals surface area contributed by atoms with Crippen LogP contribution in [-0.2, 0) is 14.4 Å². The molecule has 0 radical (unpaired) electrons. The standard InChI is InChI=1S/C17H22N2O5/c1-19-14(20)8-7-13(17(23)18-10-9-15(21)22)16(19)11-3-5-12(24-2)6-4-11/h3-6,13,16H,7-10H2,1-2H3,(H,18,23)(H,21,22). The van der Waals surface area contributed by atoms with E-state index in [1.54, 1.807) is 31.2 Å². The molecule has 0 spiro atoms. The van der Waals surface area contributed by atoms with Crippen LogP contribution in [-0.4, -0.2) is 48.5 Å². The van der Waals surface area contributed by atoms with Crippen LogP contribution in [0, 0.1) is 5.92 Å². The summed E-state index contributed by atoms with van der Waals surface area (Å²) in [6.07, 6.45) is 0.624. The van der Waals surface area contributed by atoms with E-state index in [1.165, 1.54) is 0 Å². The van der Waals surface area contributed by atoms with E-state index in [9.17, 15) is 14.4 Å². The summed E-state index contributed by atoms with van der Waals surface area (Å²) in [7, 11) is 3.26. The Hall–Kier alpha value is -2.57. The van der Waals surface area contributed by atoms with E-state index in [2.05, 4.69) is 5.32 Å². The summed E-state index contributed by atoms with van der Waals surface area (Å²) < 4.78 is 5.14. The normalized spacial score (nSPS) is 20.6. The summed E-state index contributed by atoms with van der Waals surface area (Å²) >= 11 is 0. The molecule has 1 aromatic carbocycles. The van der Waals surface area contributed by atoms with Gasteiger partial charge in [0.05, 0.1) is 25.5 Å². The SMILES string of the molecule is COc1ccc(C2C(C(=O)NCCC(=O)O)CCC(=O)N2C)cc1. The van der Waals surface area contributed by atoms with Gasteiger partial charge in [0, 0.05) is 20.0 Å². The molecule has 130 valence electrons. The molecule has 0 bridgehead atoms. The van der Waals surface area contributed by atoms with Crippen molar-refractivity contribution in [1.82, 2.24) is 10.2 Å². The van der Waals surface area contributed by atoms with E-state index >= 15 is 0 Å². The second-order valence-electron chi connectivity index (χ2n) is 5.80. The van der Waals surface area contributed by atoms with Gasteiger partial charge in [-0.25, -0.2) is 0 Å². The van der Waals surface area contributed by atoms with Crippen molar-refractivity contribution < 1.29 is 24.2 Å². The maximum absolute atomic E-state index is 12.5. The molecule has 7 nitrogen and oxygen atoms in total. The molecule has 1 heterocycles. The van der Waals surface area contributed by atoms with Crippen molar-refractivity contribution in [1.29, 1.82) is 0 Å². The molecule has 1 fully saturated rings. The van der Waals surface area contributed by atoms with Crippen LogP contribution in [0.25, 0.3) is 0 Å². The van der Waals surface area contributed by atoms with E-state index < -0.39 is 11.9 Å². The number of rotatable bonds is 6. The maximum Gasteiger partial charge on any atom is 0.305 e. The zero-order chi connectivity index (χ0) is 17.7. The Kier molecular flexibility index (Phi) is 5.78. The van der Waals surface area contributed by atoms with E-state index in [1.807, 2.05) is 12.1 Å². The third-order valence-electron chi connectivity index (χ3n) is 4.29. The first kappa shape index (κ1) is 17.8. The van der Waals surface area contributed by atoms with Gasteiger partial charge >= 0.3 is 5.97 Å². The number of piperidine rings is 1. The predicted octanol–water partition coefficient (Wildman–Crippen LogP) is 1.20. The van der Waals surface area contributed by atoms with Gasteiger partial charge in [-0.15, -0.1) is 0 Å². The Bertz CT molecular complexity index is 614. The van der Waals surface area contributed by atoms with E-state index in [4.69, 9.17) is 9.84 Å². The lowest BCUT2D eigenvalue weighted by Crippen LogP contribution is -2.46. The van der Waals surface area contributed by atoms with Crippen molar-refractivity contribution in [3.8, 4) is 5.75 Å². The average Bonchev–Trinajstić information content (AvgIpc) is 2.57. The lowest BCUT2D eigenvalue weighted by molar-refractivity contribution is -0.141. The summed E-state index contributed by atoms with van der Waals surface area (Å²) in [5.74, 6) is -0.902. The van der Waals surface area contributed by atoms with Gasteiger partial charge in [-0.05, 0) is 24.1 Å². The Morgan fingerprint density at radius 3 is 2.58 bits per heavy atom. The molecule has 1 aliphatic heterocycles. The molecular formula is C17H22N2O5. The van der Waals surface area contributed by atoms with Crippen LogP contribution in [0.4, 0.5) is 0 Å². The Balaban J connectivity index is 2.18. The number of carboxylic acid groups (broad SMARTS) is 1. The number of carbonyl (C=O) groups excluding carboxylic acids is 2. The van der Waals surface area contributed by atoms with Gasteiger partial charge in [0.25, 0.3) is 0 Å². The third kappa shape index (κ3) is 4.04. The number of likely N-dealkylation sites (tertiary alicyclic amines) is 1. The van der Waals surface area contributed by atoms with Crippen molar-refractivity contribution in [2.75, 3.05) is 20.7 Å². The van der Waals surface area contributed by atoms with Gasteiger partial charge in [0.1, 0.15) is 5.75 Å². The first-order valence-corrected chi connectivity index (χ1v) is 7.83. The fourth-order valence-corrected chi connectivity index (χ4v) is 2.99. The molecule has 1 aliphatic rings. The molecule has 1 saturated heterocycles. The van der Waals surface area contributed by atoms with Gasteiger partial charge in [-0.1, -0.05) is 12.1 Å². The zero-order valence-electron chi connectivity index (χ0n) is 13.8. The summed E-state index contributed by atoms with van der Waals surface area (Å²) in [6.45, 7) is 0.0810. The lowest BCUT2D eigenvalue weighted by atomic mass is 9.84. The largest absolute Gasteiger partial charge is 0.497 e. The van der Waals surface area contributed by atoms with Crippen molar-refractivity contribution >= 4 is 17.8 Å². The smallest absolute Gasteiger partial charge is 0.305 e. The summed E-state index contributed by atoms with van der Waals surface area (Å²) in [5.41, 5.74) is 0.852. The number of benzene rings is 1. The second kappa shape index (κ2) is 7.81. The van der Waals surface area contributed by atoms with Crippen molar-refractivity contribution in [2.24, 2.45) is 5.92 Å². The van der Waals surface area contributed by atoms with Crippen molar-refractivity contribution in [2.45, 2.75) is 25.3 Å². The van der Waals surface area contributed by atoms with Crippen LogP contribution in [0.15, 0.2) is 24.3 Å². The quantitative estimate of drug-likeness (QED) is 0.815. The second-order valence-corrected chi connectivity index (χ2v) is 5.80. The first-order valence-electron chi connectivity index (χ1n) is 7.83. The van der Waals surface area contributed by atoms with Crippen molar-refractivity contribution in [3.05, 3.63) is 29.8 Å². The Morgan fingerprint density at radius 2 is 2.00 bits per heavy atom. The van der Waals surface area contributed by atoms with Crippen LogP contribution in [0.5, 0.6) is 5.75 Å². The van der Waals surface area contributed by atoms with E-state index in [0.717, 1.165) is 5.56 Å². The molecule has 2 unspecified atom stereocenters. The molecule has 0 aliphatic carbocycles. The average molecular weight is 334 g/mol. The Morgan fingerprint density at radius 1 is 1.33 bits per heavy atom. The van der Waals surface area contributed by atoms with Crippen LogP contribution in [0.1, 0.15) is 30.9 Å². The van der Waals surface area contributed by atoms with Crippen LogP contribution >= 0.6 is 0 Å². The van der Waals surface area contributed by atoms with Gasteiger partial charge in [0.2, 0.25) is 11.8 Å². The number of methoxy groups -OCH3 is 1. The number of ether oxygens (including phenoxy) is 1. The van der Waals surface area contributed by atoms with Crippen LogP contribution in [0.3, 0.4) is 0 Å². The fraction of sp³-hybridized carbons (Fsp3) is 0.471. The predicted molar refractivity (Wildman–Crippen MR) is 86.5 cm³/mol. The summed E-state index contributed by atoms with van der Waals surface area (Å²) in [6, 6.07) is 6.90. The van der Waals surface area contributed by atoms with E-state index in [-0.39, 0.29) is 30.8 Å².